The van der Waals surface area contributed by atoms with Crippen molar-refractivity contribution in [1.29, 1.82) is 0 Å². The fourth-order valence-corrected chi connectivity index (χ4v) is 0.976. The lowest BCUT2D eigenvalue weighted by molar-refractivity contribution is 1.29. The molecule has 0 radical (unpaired) electrons. The topological polar surface area (TPSA) is 0 Å². The molecule has 0 aliphatic heterocycles. The summed E-state index contributed by atoms with van der Waals surface area (Å²) in [6, 6.07) is 0. The number of hydrogen-bond donors (Lipinski definition) is 0. The fourth-order valence-electron chi connectivity index (χ4n) is 0.976. The Bertz CT molecular complexity index is 274. The molecule has 0 aromatic carbocycles. The van der Waals surface area contributed by atoms with E-state index in [1.54, 1.807) is 0 Å². The second-order valence-corrected chi connectivity index (χ2v) is 2.58. The van der Waals surface area contributed by atoms with Crippen molar-refractivity contribution in [3.8, 4) is 11.8 Å². The van der Waals surface area contributed by atoms with E-state index in [0.29, 0.717) is 0 Å². The summed E-state index contributed by atoms with van der Waals surface area (Å²) >= 11 is 0. The van der Waals surface area contributed by atoms with Gasteiger partial charge in [-0.3, -0.25) is 0 Å². The highest BCUT2D eigenvalue weighted by Gasteiger charge is 1.92. The van der Waals surface area contributed by atoms with Gasteiger partial charge in [-0.2, -0.15) is 0 Å². The van der Waals surface area contributed by atoms with Crippen LogP contribution in [0, 0.1) is 11.8 Å². The van der Waals surface area contributed by atoms with Gasteiger partial charge in [0.25, 0.3) is 0 Å². The van der Waals surface area contributed by atoms with E-state index in [2.05, 4.69) is 43.1 Å². The van der Waals surface area contributed by atoms with Crippen LogP contribution < -0.4 is 0 Å². The molecular weight excluding hydrogens is 132 g/mol. The van der Waals surface area contributed by atoms with Crippen molar-refractivity contribution in [2.24, 2.45) is 0 Å². The van der Waals surface area contributed by atoms with Crippen molar-refractivity contribution >= 4 is 0 Å². The van der Waals surface area contributed by atoms with Gasteiger partial charge in [-0.1, -0.05) is 35.8 Å². The Morgan fingerprint density at radius 2 is 2.27 bits per heavy atom. The van der Waals surface area contributed by atoms with Gasteiger partial charge >= 0.3 is 0 Å². The van der Waals surface area contributed by atoms with Gasteiger partial charge in [-0.15, -0.1) is 5.92 Å². The Labute approximate surface area is 68.3 Å². The molecule has 0 amide bonds. The Hall–Kier alpha value is -1.22. The molecule has 0 fully saturated rings. The molecule has 0 heterocycles. The number of hydrogen-bond acceptors (Lipinski definition) is 0. The smallest absolute Gasteiger partial charge is 0.00580 e. The average Bonchev–Trinajstić information content (AvgIpc) is 2.17. The zero-order valence-corrected chi connectivity index (χ0v) is 7.02. The lowest BCUT2D eigenvalue weighted by Gasteiger charge is -1.89. The maximum Gasteiger partial charge on any atom is 0.00580 e. The second-order valence-electron chi connectivity index (χ2n) is 2.58. The Kier molecular flexibility index (Phi) is 2.74. The van der Waals surface area contributed by atoms with Crippen molar-refractivity contribution in [3.63, 3.8) is 0 Å². The van der Waals surface area contributed by atoms with Crippen LogP contribution in [0.4, 0.5) is 0 Å². The molecule has 11 heavy (non-hydrogen) atoms. The number of allylic oxidation sites excluding steroid dienone is 6. The first-order valence-electron chi connectivity index (χ1n) is 3.79. The van der Waals surface area contributed by atoms with Crippen LogP contribution in [0.2, 0.25) is 0 Å². The molecule has 56 valence electrons. The quantitative estimate of drug-likeness (QED) is 0.458. The summed E-state index contributed by atoms with van der Waals surface area (Å²) in [6.07, 6.45) is 9.39. The average molecular weight is 144 g/mol. The van der Waals surface area contributed by atoms with Crippen LogP contribution in [-0.2, 0) is 0 Å². The molecule has 0 aromatic rings. The fraction of sp³-hybridized carbons (Fsp3) is 0.273. The predicted octanol–water partition coefficient (Wildman–Crippen LogP) is 2.84. The minimum atomic E-state index is 0.972. The summed E-state index contributed by atoms with van der Waals surface area (Å²) in [7, 11) is 0. The van der Waals surface area contributed by atoms with Crippen molar-refractivity contribution in [2.75, 3.05) is 0 Å². The van der Waals surface area contributed by atoms with Gasteiger partial charge in [-0.25, -0.2) is 0 Å². The Morgan fingerprint density at radius 3 is 3.00 bits per heavy atom. The zero-order valence-electron chi connectivity index (χ0n) is 7.02. The summed E-state index contributed by atoms with van der Waals surface area (Å²) in [5, 5.41) is 0. The van der Waals surface area contributed by atoms with E-state index in [1.807, 2.05) is 6.92 Å². The van der Waals surface area contributed by atoms with Gasteiger partial charge in [0.1, 0.15) is 0 Å². The van der Waals surface area contributed by atoms with Crippen LogP contribution in [0.15, 0.2) is 35.5 Å². The van der Waals surface area contributed by atoms with E-state index in [-0.39, 0.29) is 0 Å². The third-order valence-electron chi connectivity index (χ3n) is 1.59. The van der Waals surface area contributed by atoms with E-state index >= 15 is 0 Å². The van der Waals surface area contributed by atoms with Crippen LogP contribution in [0.1, 0.15) is 20.3 Å². The second kappa shape index (κ2) is 3.83. The van der Waals surface area contributed by atoms with Crippen LogP contribution in [0.5, 0.6) is 0 Å². The molecular formula is C11H12. The molecule has 0 N–H and O–H groups in total. The lowest BCUT2D eigenvalue weighted by atomic mass is 10.1. The molecule has 0 spiro atoms. The van der Waals surface area contributed by atoms with Gasteiger partial charge < -0.3 is 0 Å². The van der Waals surface area contributed by atoms with Crippen molar-refractivity contribution < 1.29 is 0 Å². The molecule has 1 aliphatic carbocycles. The first-order valence-corrected chi connectivity index (χ1v) is 3.79. The molecule has 0 bridgehead atoms. The SMILES string of the molecule is CC#CC1=CC=CC(C)=CC1. The maximum atomic E-state index is 3.06. The van der Waals surface area contributed by atoms with Crippen molar-refractivity contribution in [1.82, 2.24) is 0 Å². The van der Waals surface area contributed by atoms with E-state index in [4.69, 9.17) is 0 Å². The molecule has 1 aliphatic rings. The first kappa shape index (κ1) is 7.88. The summed E-state index contributed by atoms with van der Waals surface area (Å²) in [6.45, 7) is 3.97. The lowest BCUT2D eigenvalue weighted by Crippen LogP contribution is -1.73. The maximum absolute atomic E-state index is 3.06. The largest absolute Gasteiger partial charge is 0.102 e. The Morgan fingerprint density at radius 1 is 1.45 bits per heavy atom. The summed E-state index contributed by atoms with van der Waals surface area (Å²) in [4.78, 5) is 0. The molecule has 0 saturated carbocycles. The monoisotopic (exact) mass is 144 g/mol. The van der Waals surface area contributed by atoms with Gasteiger partial charge in [0, 0.05) is 5.57 Å². The third-order valence-corrected chi connectivity index (χ3v) is 1.59. The predicted molar refractivity (Wildman–Crippen MR) is 49.0 cm³/mol. The van der Waals surface area contributed by atoms with Gasteiger partial charge in [0.15, 0.2) is 0 Å². The highest BCUT2D eigenvalue weighted by atomic mass is 14.0. The molecule has 0 unspecified atom stereocenters. The molecule has 0 heteroatoms. The van der Waals surface area contributed by atoms with Gasteiger partial charge in [0.2, 0.25) is 0 Å². The molecule has 1 rings (SSSR count). The third kappa shape index (κ3) is 2.47. The normalized spacial score (nSPS) is 15.8. The van der Waals surface area contributed by atoms with Crippen LogP contribution in [0.25, 0.3) is 0 Å². The molecule has 0 atom stereocenters. The van der Waals surface area contributed by atoms with E-state index in [9.17, 15) is 0 Å². The molecule has 0 aromatic heterocycles. The molecule has 0 nitrogen and oxygen atoms in total. The zero-order chi connectivity index (χ0) is 8.10. The summed E-state index contributed by atoms with van der Waals surface area (Å²) in [5.41, 5.74) is 2.51. The first-order chi connectivity index (χ1) is 5.33. The summed E-state index contributed by atoms with van der Waals surface area (Å²) in [5.74, 6) is 5.96. The standard InChI is InChI=1S/C11H12/c1-3-5-11-7-4-6-10(2)8-9-11/h4,6-8H,9H2,1-2H3. The highest BCUT2D eigenvalue weighted by Crippen LogP contribution is 2.09. The van der Waals surface area contributed by atoms with E-state index in [1.165, 1.54) is 11.1 Å². The van der Waals surface area contributed by atoms with Crippen molar-refractivity contribution in [2.45, 2.75) is 20.3 Å². The summed E-state index contributed by atoms with van der Waals surface area (Å²) < 4.78 is 0. The van der Waals surface area contributed by atoms with Crippen LogP contribution in [0.3, 0.4) is 0 Å². The van der Waals surface area contributed by atoms with Crippen LogP contribution in [-0.4, -0.2) is 0 Å². The minimum absolute atomic E-state index is 0.972. The molecule has 0 saturated heterocycles. The van der Waals surface area contributed by atoms with Crippen molar-refractivity contribution in [3.05, 3.63) is 35.5 Å². The minimum Gasteiger partial charge on any atom is -0.102 e. The highest BCUT2D eigenvalue weighted by molar-refractivity contribution is 5.38. The Balaban J connectivity index is 2.79. The number of rotatable bonds is 0. The van der Waals surface area contributed by atoms with Gasteiger partial charge in [0.05, 0.1) is 0 Å². The van der Waals surface area contributed by atoms with Gasteiger partial charge in [-0.05, 0) is 20.3 Å². The van der Waals surface area contributed by atoms with Crippen LogP contribution >= 0.6 is 0 Å². The van der Waals surface area contributed by atoms with E-state index in [0.717, 1.165) is 6.42 Å². The van der Waals surface area contributed by atoms with E-state index < -0.39 is 0 Å².